The predicted molar refractivity (Wildman–Crippen MR) is 105 cm³/mol. The number of aromatic nitrogens is 1. The minimum atomic E-state index is -0.239. The fourth-order valence-electron chi connectivity index (χ4n) is 2.29. The second-order valence-electron chi connectivity index (χ2n) is 5.71. The lowest BCUT2D eigenvalue weighted by molar-refractivity contribution is 0.102. The first-order chi connectivity index (χ1) is 12.1. The van der Waals surface area contributed by atoms with Crippen LogP contribution in [0.5, 0.6) is 0 Å². The molecule has 126 valence electrons. The smallest absolute Gasteiger partial charge is 0.274 e. The fraction of sp³-hybridized carbons (Fsp3) is 0.100. The minimum absolute atomic E-state index is 0.239. The fourth-order valence-corrected chi connectivity index (χ4v) is 2.68. The maximum Gasteiger partial charge on any atom is 0.274 e. The summed E-state index contributed by atoms with van der Waals surface area (Å²) in [6.07, 6.45) is 1.67. The number of hydrogen-bond donors (Lipinski definition) is 2. The molecule has 1 heterocycles. The molecule has 1 amide bonds. The van der Waals surface area contributed by atoms with Gasteiger partial charge in [0.2, 0.25) is 0 Å². The van der Waals surface area contributed by atoms with Crippen molar-refractivity contribution in [1.82, 2.24) is 4.98 Å². The largest absolute Gasteiger partial charge is 0.380 e. The van der Waals surface area contributed by atoms with Crippen LogP contribution in [-0.2, 0) is 6.54 Å². The molecule has 0 fully saturated rings. The molecule has 0 aliphatic heterocycles. The number of para-hydroxylation sites is 1. The molecule has 3 rings (SSSR count). The van der Waals surface area contributed by atoms with E-state index in [4.69, 9.17) is 0 Å². The van der Waals surface area contributed by atoms with Crippen LogP contribution in [0.25, 0.3) is 0 Å². The maximum atomic E-state index is 12.3. The first-order valence-corrected chi connectivity index (χ1v) is 8.72. The van der Waals surface area contributed by atoms with E-state index in [2.05, 4.69) is 62.7 Å². The topological polar surface area (TPSA) is 54.0 Å². The van der Waals surface area contributed by atoms with Crippen LogP contribution in [0.1, 0.15) is 21.6 Å². The van der Waals surface area contributed by atoms with Crippen molar-refractivity contribution >= 4 is 33.2 Å². The molecule has 0 saturated carbocycles. The molecule has 0 unspecified atom stereocenters. The molecule has 1 aromatic heterocycles. The number of halogens is 1. The second-order valence-corrected chi connectivity index (χ2v) is 6.56. The third-order valence-electron chi connectivity index (χ3n) is 3.74. The molecule has 0 radical (unpaired) electrons. The van der Waals surface area contributed by atoms with Gasteiger partial charge in [0.05, 0.1) is 17.6 Å². The van der Waals surface area contributed by atoms with Crippen LogP contribution in [0, 0.1) is 6.92 Å². The highest BCUT2D eigenvalue weighted by atomic mass is 79.9. The van der Waals surface area contributed by atoms with E-state index < -0.39 is 0 Å². The van der Waals surface area contributed by atoms with E-state index in [-0.39, 0.29) is 5.91 Å². The van der Waals surface area contributed by atoms with Crippen molar-refractivity contribution in [2.45, 2.75) is 13.5 Å². The average Bonchev–Trinajstić information content (AvgIpc) is 2.63. The Kier molecular flexibility index (Phi) is 5.46. The zero-order valence-corrected chi connectivity index (χ0v) is 15.4. The number of amides is 1. The van der Waals surface area contributed by atoms with Crippen molar-refractivity contribution in [1.29, 1.82) is 0 Å². The predicted octanol–water partition coefficient (Wildman–Crippen LogP) is 5.02. The molecule has 2 N–H and O–H groups in total. The maximum absolute atomic E-state index is 12.3. The Hall–Kier alpha value is -2.66. The standard InChI is InChI=1S/C20H18BrN3O/c1-14-6-8-15(9-7-14)12-22-16-10-11-19(23-13-16)20(25)24-18-5-3-2-4-17(18)21/h2-11,13,22H,12H2,1H3,(H,24,25). The van der Waals surface area contributed by atoms with Crippen molar-refractivity contribution in [3.63, 3.8) is 0 Å². The van der Waals surface area contributed by atoms with E-state index in [1.807, 2.05) is 30.3 Å². The summed E-state index contributed by atoms with van der Waals surface area (Å²) in [7, 11) is 0. The lowest BCUT2D eigenvalue weighted by Crippen LogP contribution is -2.14. The lowest BCUT2D eigenvalue weighted by Gasteiger charge is -2.09. The van der Waals surface area contributed by atoms with Gasteiger partial charge < -0.3 is 10.6 Å². The summed E-state index contributed by atoms with van der Waals surface area (Å²) in [4.78, 5) is 16.5. The van der Waals surface area contributed by atoms with Crippen molar-refractivity contribution < 1.29 is 4.79 Å². The van der Waals surface area contributed by atoms with Gasteiger partial charge in [-0.15, -0.1) is 0 Å². The quantitative estimate of drug-likeness (QED) is 0.637. The van der Waals surface area contributed by atoms with Crippen LogP contribution >= 0.6 is 15.9 Å². The monoisotopic (exact) mass is 395 g/mol. The molecule has 4 nitrogen and oxygen atoms in total. The minimum Gasteiger partial charge on any atom is -0.380 e. The Morgan fingerprint density at radius 3 is 2.48 bits per heavy atom. The highest BCUT2D eigenvalue weighted by molar-refractivity contribution is 9.10. The van der Waals surface area contributed by atoms with Crippen molar-refractivity contribution in [3.8, 4) is 0 Å². The van der Waals surface area contributed by atoms with Crippen LogP contribution < -0.4 is 10.6 Å². The van der Waals surface area contributed by atoms with Gasteiger partial charge in [-0.1, -0.05) is 42.0 Å². The summed E-state index contributed by atoms with van der Waals surface area (Å²) >= 11 is 3.41. The van der Waals surface area contributed by atoms with Crippen LogP contribution in [0.3, 0.4) is 0 Å². The molecular weight excluding hydrogens is 378 g/mol. The van der Waals surface area contributed by atoms with E-state index >= 15 is 0 Å². The molecule has 0 spiro atoms. The lowest BCUT2D eigenvalue weighted by atomic mass is 10.1. The number of nitrogens with zero attached hydrogens (tertiary/aromatic N) is 1. The molecule has 0 aliphatic carbocycles. The number of hydrogen-bond acceptors (Lipinski definition) is 3. The third kappa shape index (κ3) is 4.67. The van der Waals surface area contributed by atoms with Gasteiger partial charge in [-0.25, -0.2) is 4.98 Å². The summed E-state index contributed by atoms with van der Waals surface area (Å²) < 4.78 is 0.833. The van der Waals surface area contributed by atoms with Gasteiger partial charge in [-0.05, 0) is 52.7 Å². The number of aryl methyl sites for hydroxylation is 1. The van der Waals surface area contributed by atoms with Crippen LogP contribution in [-0.4, -0.2) is 10.9 Å². The number of rotatable bonds is 5. The van der Waals surface area contributed by atoms with Crippen molar-refractivity contribution in [2.75, 3.05) is 10.6 Å². The molecule has 0 atom stereocenters. The zero-order chi connectivity index (χ0) is 17.6. The first kappa shape index (κ1) is 17.2. The summed E-state index contributed by atoms with van der Waals surface area (Å²) in [5, 5.41) is 6.14. The van der Waals surface area contributed by atoms with Gasteiger partial charge in [0.25, 0.3) is 5.91 Å². The summed E-state index contributed by atoms with van der Waals surface area (Å²) in [5.41, 5.74) is 4.40. The van der Waals surface area contributed by atoms with Crippen LogP contribution in [0.4, 0.5) is 11.4 Å². The Labute approximate surface area is 155 Å². The summed E-state index contributed by atoms with van der Waals surface area (Å²) in [6, 6.07) is 19.4. The van der Waals surface area contributed by atoms with Gasteiger partial charge in [-0.3, -0.25) is 4.79 Å². The molecule has 5 heteroatoms. The molecule has 25 heavy (non-hydrogen) atoms. The van der Waals surface area contributed by atoms with E-state index in [9.17, 15) is 4.79 Å². The SMILES string of the molecule is Cc1ccc(CNc2ccc(C(=O)Nc3ccccc3Br)nc2)cc1. The number of nitrogens with one attached hydrogen (secondary N) is 2. The number of carbonyl (C=O) groups is 1. The Bertz CT molecular complexity index is 861. The Balaban J connectivity index is 1.60. The van der Waals surface area contributed by atoms with E-state index in [0.717, 1.165) is 15.8 Å². The molecule has 3 aromatic rings. The number of benzene rings is 2. The van der Waals surface area contributed by atoms with E-state index in [0.29, 0.717) is 12.2 Å². The van der Waals surface area contributed by atoms with Crippen LogP contribution in [0.15, 0.2) is 71.3 Å². The van der Waals surface area contributed by atoms with E-state index in [1.165, 1.54) is 11.1 Å². The third-order valence-corrected chi connectivity index (χ3v) is 4.43. The first-order valence-electron chi connectivity index (χ1n) is 7.93. The van der Waals surface area contributed by atoms with Gasteiger partial charge in [0.15, 0.2) is 0 Å². The van der Waals surface area contributed by atoms with E-state index in [1.54, 1.807) is 12.3 Å². The normalized spacial score (nSPS) is 10.3. The van der Waals surface area contributed by atoms with Gasteiger partial charge in [-0.2, -0.15) is 0 Å². The molecule has 0 bridgehead atoms. The Morgan fingerprint density at radius 1 is 1.04 bits per heavy atom. The molecule has 0 aliphatic rings. The number of anilines is 2. The van der Waals surface area contributed by atoms with Gasteiger partial charge in [0, 0.05) is 11.0 Å². The number of carbonyl (C=O) groups excluding carboxylic acids is 1. The van der Waals surface area contributed by atoms with Gasteiger partial charge in [0.1, 0.15) is 5.69 Å². The Morgan fingerprint density at radius 2 is 1.80 bits per heavy atom. The molecule has 2 aromatic carbocycles. The highest BCUT2D eigenvalue weighted by Crippen LogP contribution is 2.21. The second kappa shape index (κ2) is 7.94. The van der Waals surface area contributed by atoms with Crippen molar-refractivity contribution in [3.05, 3.63) is 88.2 Å². The number of pyridine rings is 1. The molecular formula is C20H18BrN3O. The van der Waals surface area contributed by atoms with Crippen molar-refractivity contribution in [2.24, 2.45) is 0 Å². The molecule has 0 saturated heterocycles. The average molecular weight is 396 g/mol. The summed E-state index contributed by atoms with van der Waals surface area (Å²) in [6.45, 7) is 2.78. The van der Waals surface area contributed by atoms with Crippen LogP contribution in [0.2, 0.25) is 0 Å². The van der Waals surface area contributed by atoms with Gasteiger partial charge >= 0.3 is 0 Å². The highest BCUT2D eigenvalue weighted by Gasteiger charge is 2.09. The zero-order valence-electron chi connectivity index (χ0n) is 13.8. The summed E-state index contributed by atoms with van der Waals surface area (Å²) in [5.74, 6) is -0.239.